The summed E-state index contributed by atoms with van der Waals surface area (Å²) < 4.78 is 27.3. The van der Waals surface area contributed by atoms with Gasteiger partial charge in [0.2, 0.25) is 10.0 Å². The first-order valence-electron chi connectivity index (χ1n) is 10.5. The third-order valence-corrected chi connectivity index (χ3v) is 7.19. The average Bonchev–Trinajstić information content (AvgIpc) is 3.18. The van der Waals surface area contributed by atoms with Gasteiger partial charge in [-0.05, 0) is 47.7 Å². The van der Waals surface area contributed by atoms with Gasteiger partial charge in [-0.3, -0.25) is 4.72 Å². The zero-order valence-electron chi connectivity index (χ0n) is 18.0. The van der Waals surface area contributed by atoms with E-state index in [1.807, 2.05) is 56.6 Å². The summed E-state index contributed by atoms with van der Waals surface area (Å²) in [5.41, 5.74) is 6.84. The molecule has 0 aliphatic rings. The Morgan fingerprint density at radius 1 is 1.03 bits per heavy atom. The standard InChI is InChI=1S/C25H27N3O2S/c1-4-13-31(29,30)28-24-12-8-11-21(18(24)3)17(2)23-16-27-25-22(23)14-20(15-26-25)19-9-6-5-7-10-19/h5-12,14-17,28H,4,13H2,1-3H3,(H,26,27). The van der Waals surface area contributed by atoms with Crippen molar-refractivity contribution >= 4 is 26.7 Å². The van der Waals surface area contributed by atoms with Crippen LogP contribution in [0.3, 0.4) is 0 Å². The molecule has 0 fully saturated rings. The molecule has 160 valence electrons. The van der Waals surface area contributed by atoms with Crippen molar-refractivity contribution in [2.24, 2.45) is 0 Å². The van der Waals surface area contributed by atoms with Gasteiger partial charge in [0, 0.05) is 29.3 Å². The maximum Gasteiger partial charge on any atom is 0.232 e. The Morgan fingerprint density at radius 3 is 2.55 bits per heavy atom. The smallest absolute Gasteiger partial charge is 0.232 e. The third kappa shape index (κ3) is 4.35. The van der Waals surface area contributed by atoms with E-state index in [1.54, 1.807) is 0 Å². The van der Waals surface area contributed by atoms with E-state index in [0.717, 1.165) is 38.9 Å². The number of pyridine rings is 1. The topological polar surface area (TPSA) is 74.8 Å². The lowest BCUT2D eigenvalue weighted by atomic mass is 9.89. The van der Waals surface area contributed by atoms with Crippen LogP contribution in [0.4, 0.5) is 5.69 Å². The number of anilines is 1. The van der Waals surface area contributed by atoms with Crippen LogP contribution < -0.4 is 4.72 Å². The van der Waals surface area contributed by atoms with Crippen LogP contribution in [0.25, 0.3) is 22.2 Å². The first kappa shape index (κ1) is 21.1. The maximum atomic E-state index is 12.3. The van der Waals surface area contributed by atoms with Crippen molar-refractivity contribution < 1.29 is 8.42 Å². The van der Waals surface area contributed by atoms with Crippen molar-refractivity contribution in [2.45, 2.75) is 33.1 Å². The molecule has 0 saturated heterocycles. The molecule has 0 radical (unpaired) electrons. The zero-order valence-corrected chi connectivity index (χ0v) is 18.8. The number of nitrogens with zero attached hydrogens (tertiary/aromatic N) is 1. The number of nitrogens with one attached hydrogen (secondary N) is 2. The second-order valence-electron chi connectivity index (χ2n) is 7.89. The summed E-state index contributed by atoms with van der Waals surface area (Å²) in [6.07, 6.45) is 4.47. The van der Waals surface area contributed by atoms with Crippen molar-refractivity contribution in [1.82, 2.24) is 9.97 Å². The van der Waals surface area contributed by atoms with E-state index in [0.29, 0.717) is 12.1 Å². The number of sulfonamides is 1. The van der Waals surface area contributed by atoms with E-state index in [-0.39, 0.29) is 11.7 Å². The van der Waals surface area contributed by atoms with Crippen molar-refractivity contribution in [1.29, 1.82) is 0 Å². The highest BCUT2D eigenvalue weighted by Crippen LogP contribution is 2.35. The van der Waals surface area contributed by atoms with Crippen LogP contribution in [0.15, 0.2) is 67.0 Å². The fraction of sp³-hybridized carbons (Fsp3) is 0.240. The van der Waals surface area contributed by atoms with Gasteiger partial charge in [0.15, 0.2) is 0 Å². The Morgan fingerprint density at radius 2 is 1.81 bits per heavy atom. The molecule has 0 aliphatic heterocycles. The van der Waals surface area contributed by atoms with Crippen molar-refractivity contribution in [3.05, 3.63) is 83.7 Å². The van der Waals surface area contributed by atoms with Gasteiger partial charge in [0.25, 0.3) is 0 Å². The summed E-state index contributed by atoms with van der Waals surface area (Å²) in [6.45, 7) is 5.97. The summed E-state index contributed by atoms with van der Waals surface area (Å²) >= 11 is 0. The fourth-order valence-electron chi connectivity index (χ4n) is 4.06. The third-order valence-electron chi connectivity index (χ3n) is 5.72. The van der Waals surface area contributed by atoms with Gasteiger partial charge in [0.1, 0.15) is 5.65 Å². The molecule has 2 aromatic carbocycles. The number of H-pyrrole nitrogens is 1. The molecule has 4 rings (SSSR count). The number of aromatic nitrogens is 2. The van der Waals surface area contributed by atoms with Gasteiger partial charge < -0.3 is 4.98 Å². The van der Waals surface area contributed by atoms with Crippen LogP contribution >= 0.6 is 0 Å². The number of hydrogen-bond acceptors (Lipinski definition) is 3. The fourth-order valence-corrected chi connectivity index (χ4v) is 5.25. The molecular formula is C25H27N3O2S. The van der Waals surface area contributed by atoms with E-state index >= 15 is 0 Å². The zero-order chi connectivity index (χ0) is 22.0. The van der Waals surface area contributed by atoms with Crippen molar-refractivity contribution in [3.63, 3.8) is 0 Å². The van der Waals surface area contributed by atoms with E-state index in [4.69, 9.17) is 0 Å². The molecule has 2 N–H and O–H groups in total. The molecule has 0 amide bonds. The molecule has 5 nitrogen and oxygen atoms in total. The lowest BCUT2D eigenvalue weighted by Crippen LogP contribution is -2.17. The summed E-state index contributed by atoms with van der Waals surface area (Å²) in [5.74, 6) is 0.181. The van der Waals surface area contributed by atoms with Crippen molar-refractivity contribution in [3.8, 4) is 11.1 Å². The van der Waals surface area contributed by atoms with Gasteiger partial charge >= 0.3 is 0 Å². The Hall–Kier alpha value is -3.12. The Kier molecular flexibility index (Phi) is 5.83. The second-order valence-corrected chi connectivity index (χ2v) is 9.73. The second kappa shape index (κ2) is 8.55. The van der Waals surface area contributed by atoms with Crippen LogP contribution in [-0.4, -0.2) is 24.1 Å². The van der Waals surface area contributed by atoms with Gasteiger partial charge in [-0.25, -0.2) is 13.4 Å². The molecule has 4 aromatic rings. The molecule has 0 saturated carbocycles. The lowest BCUT2D eigenvalue weighted by molar-refractivity contribution is 0.600. The first-order chi connectivity index (χ1) is 14.9. The molecule has 2 aromatic heterocycles. The highest BCUT2D eigenvalue weighted by molar-refractivity contribution is 7.92. The number of fused-ring (bicyclic) bond motifs is 1. The molecule has 0 bridgehead atoms. The van der Waals surface area contributed by atoms with Gasteiger partial charge in [0.05, 0.1) is 11.4 Å². The highest BCUT2D eigenvalue weighted by Gasteiger charge is 2.19. The normalized spacial score (nSPS) is 12.7. The quantitative estimate of drug-likeness (QED) is 0.384. The summed E-state index contributed by atoms with van der Waals surface area (Å²) in [6, 6.07) is 18.2. The Bertz CT molecular complexity index is 1310. The minimum Gasteiger partial charge on any atom is -0.346 e. The van der Waals surface area contributed by atoms with E-state index in [9.17, 15) is 8.42 Å². The lowest BCUT2D eigenvalue weighted by Gasteiger charge is -2.18. The number of rotatable bonds is 7. The molecule has 31 heavy (non-hydrogen) atoms. The molecular weight excluding hydrogens is 406 g/mol. The van der Waals surface area contributed by atoms with E-state index in [1.165, 1.54) is 0 Å². The van der Waals surface area contributed by atoms with Gasteiger partial charge in [-0.15, -0.1) is 0 Å². The molecule has 1 unspecified atom stereocenters. The molecule has 1 atom stereocenters. The Labute approximate surface area is 183 Å². The van der Waals surface area contributed by atoms with Crippen molar-refractivity contribution in [2.75, 3.05) is 10.5 Å². The average molecular weight is 434 g/mol. The molecule has 0 aliphatic carbocycles. The van der Waals surface area contributed by atoms with Crippen LogP contribution in [0.2, 0.25) is 0 Å². The number of aromatic amines is 1. The highest BCUT2D eigenvalue weighted by atomic mass is 32.2. The van der Waals surface area contributed by atoms with Gasteiger partial charge in [-0.1, -0.05) is 56.3 Å². The SMILES string of the molecule is CCCS(=O)(=O)Nc1cccc(C(C)c2c[nH]c3ncc(-c4ccccc4)cc23)c1C. The van der Waals surface area contributed by atoms with Crippen LogP contribution in [0.5, 0.6) is 0 Å². The molecule has 0 spiro atoms. The Balaban J connectivity index is 1.73. The number of hydrogen-bond donors (Lipinski definition) is 2. The largest absolute Gasteiger partial charge is 0.346 e. The minimum absolute atomic E-state index is 0.0669. The maximum absolute atomic E-state index is 12.3. The molecule has 6 heteroatoms. The summed E-state index contributed by atoms with van der Waals surface area (Å²) in [4.78, 5) is 7.90. The summed E-state index contributed by atoms with van der Waals surface area (Å²) in [7, 11) is -3.34. The van der Waals surface area contributed by atoms with Gasteiger partial charge in [-0.2, -0.15) is 0 Å². The number of benzene rings is 2. The van der Waals surface area contributed by atoms with E-state index in [2.05, 4.69) is 45.9 Å². The molecule has 2 heterocycles. The van der Waals surface area contributed by atoms with Crippen LogP contribution in [0, 0.1) is 6.92 Å². The summed E-state index contributed by atoms with van der Waals surface area (Å²) in [5, 5.41) is 1.07. The minimum atomic E-state index is -3.34. The predicted molar refractivity (Wildman–Crippen MR) is 128 cm³/mol. The monoisotopic (exact) mass is 433 g/mol. The van der Waals surface area contributed by atoms with Crippen LogP contribution in [0.1, 0.15) is 42.9 Å². The van der Waals surface area contributed by atoms with Crippen LogP contribution in [-0.2, 0) is 10.0 Å². The predicted octanol–water partition coefficient (Wildman–Crippen LogP) is 5.84. The first-order valence-corrected chi connectivity index (χ1v) is 12.2. The van der Waals surface area contributed by atoms with E-state index < -0.39 is 10.0 Å².